The zero-order chi connectivity index (χ0) is 17.8. The molecule has 0 aromatic carbocycles. The van der Waals surface area contributed by atoms with Gasteiger partial charge in [0.05, 0.1) is 11.7 Å². The average Bonchev–Trinajstić information content (AvgIpc) is 3.23. The number of epoxide rings is 1. The summed E-state index contributed by atoms with van der Waals surface area (Å²) in [5.74, 6) is 1.18. The minimum Gasteiger partial charge on any atom is -0.509 e. The molecule has 5 aliphatic rings. The maximum absolute atomic E-state index is 11.9. The Balaban J connectivity index is 1.54. The number of rotatable bonds is 1. The largest absolute Gasteiger partial charge is 0.509 e. The maximum Gasteiger partial charge on any atom is 0.248 e. The van der Waals surface area contributed by atoms with Gasteiger partial charge in [-0.15, -0.1) is 0 Å². The van der Waals surface area contributed by atoms with Crippen LogP contribution in [0.1, 0.15) is 58.8 Å². The molecule has 25 heavy (non-hydrogen) atoms. The topological polar surface area (TPSA) is 96.1 Å². The Bertz CT molecular complexity index is 689. The van der Waals surface area contributed by atoms with E-state index in [1.807, 2.05) is 0 Å². The van der Waals surface area contributed by atoms with Gasteiger partial charge in [-0.25, -0.2) is 0 Å². The van der Waals surface area contributed by atoms with Crippen LogP contribution in [0.15, 0.2) is 11.3 Å². The summed E-state index contributed by atoms with van der Waals surface area (Å²) in [6.07, 6.45) is 6.18. The number of fused-ring (bicyclic) bond motifs is 4. The standard InChI is InChI=1S/C20H29NO4/c1-18-7-6-13-10(12(18)3-4-14(18)22)5-8-20-16(25-20)15(23)11(17(21)24)9-19(13,20)2/h10,12-14,16,22-23H,3-9H2,1-2H3,(H2,21,24)/t10-,12-,13+,14?,16?,18-,19+,20?/m0/s1. The highest BCUT2D eigenvalue weighted by atomic mass is 16.6. The van der Waals surface area contributed by atoms with Crippen LogP contribution in [-0.2, 0) is 9.53 Å². The summed E-state index contributed by atoms with van der Waals surface area (Å²) in [6.45, 7) is 4.53. The Morgan fingerprint density at radius 1 is 1.16 bits per heavy atom. The predicted octanol–water partition coefficient (Wildman–Crippen LogP) is 2.43. The van der Waals surface area contributed by atoms with E-state index in [4.69, 9.17) is 10.5 Å². The molecule has 0 aromatic rings. The SMILES string of the molecule is C[C@]12CC[C@@H]3[C@@H](CCC45OC4C(O)=C(C(N)=O)C[C@]35C)[C@@H]1CCC2O. The second-order valence-electron chi connectivity index (χ2n) is 9.76. The number of aliphatic hydroxyl groups is 2. The fraction of sp³-hybridized carbons (Fsp3) is 0.850. The summed E-state index contributed by atoms with van der Waals surface area (Å²) in [5, 5.41) is 21.0. The molecule has 138 valence electrons. The van der Waals surface area contributed by atoms with Gasteiger partial charge in [0.1, 0.15) is 17.5 Å². The molecular weight excluding hydrogens is 318 g/mol. The Kier molecular flexibility index (Phi) is 2.97. The van der Waals surface area contributed by atoms with Crippen molar-refractivity contribution in [1.29, 1.82) is 0 Å². The molecule has 0 radical (unpaired) electrons. The molecule has 3 saturated carbocycles. The molecule has 1 saturated heterocycles. The van der Waals surface area contributed by atoms with Crippen LogP contribution in [0, 0.1) is 28.6 Å². The van der Waals surface area contributed by atoms with E-state index in [1.54, 1.807) is 0 Å². The molecule has 5 rings (SSSR count). The van der Waals surface area contributed by atoms with Crippen LogP contribution in [0.5, 0.6) is 0 Å². The van der Waals surface area contributed by atoms with Gasteiger partial charge in [-0.1, -0.05) is 13.8 Å². The van der Waals surface area contributed by atoms with E-state index in [0.29, 0.717) is 29.7 Å². The molecule has 4 fully saturated rings. The van der Waals surface area contributed by atoms with E-state index in [1.165, 1.54) is 0 Å². The highest BCUT2D eigenvalue weighted by Gasteiger charge is 2.76. The zero-order valence-corrected chi connectivity index (χ0v) is 15.1. The highest BCUT2D eigenvalue weighted by molar-refractivity contribution is 5.93. The monoisotopic (exact) mass is 347 g/mol. The summed E-state index contributed by atoms with van der Waals surface area (Å²) in [5.41, 5.74) is 5.54. The Morgan fingerprint density at radius 3 is 2.64 bits per heavy atom. The molecule has 0 aromatic heterocycles. The first-order valence-corrected chi connectivity index (χ1v) is 9.82. The van der Waals surface area contributed by atoms with E-state index >= 15 is 0 Å². The summed E-state index contributed by atoms with van der Waals surface area (Å²) < 4.78 is 6.11. The van der Waals surface area contributed by atoms with Crippen LogP contribution in [0.2, 0.25) is 0 Å². The summed E-state index contributed by atoms with van der Waals surface area (Å²) in [7, 11) is 0. The quantitative estimate of drug-likeness (QED) is 0.635. The van der Waals surface area contributed by atoms with Gasteiger partial charge < -0.3 is 20.7 Å². The van der Waals surface area contributed by atoms with Gasteiger partial charge in [-0.2, -0.15) is 0 Å². The van der Waals surface area contributed by atoms with E-state index in [9.17, 15) is 15.0 Å². The van der Waals surface area contributed by atoms with E-state index in [0.717, 1.165) is 38.5 Å². The third kappa shape index (κ3) is 1.70. The Hall–Kier alpha value is -1.07. The molecule has 3 unspecified atom stereocenters. The minimum atomic E-state index is -0.512. The van der Waals surface area contributed by atoms with Crippen LogP contribution in [0.4, 0.5) is 0 Å². The first-order chi connectivity index (χ1) is 11.7. The molecule has 0 bridgehead atoms. The Morgan fingerprint density at radius 2 is 1.92 bits per heavy atom. The lowest BCUT2D eigenvalue weighted by atomic mass is 9.45. The first-order valence-electron chi connectivity index (χ1n) is 9.82. The van der Waals surface area contributed by atoms with Crippen molar-refractivity contribution in [1.82, 2.24) is 0 Å². The average molecular weight is 347 g/mol. The molecule has 5 nitrogen and oxygen atoms in total. The van der Waals surface area contributed by atoms with Gasteiger partial charge >= 0.3 is 0 Å². The molecule has 1 spiro atoms. The van der Waals surface area contributed by atoms with Crippen molar-refractivity contribution in [3.05, 3.63) is 11.3 Å². The summed E-state index contributed by atoms with van der Waals surface area (Å²) >= 11 is 0. The highest BCUT2D eigenvalue weighted by Crippen LogP contribution is 2.73. The van der Waals surface area contributed by atoms with Crippen molar-refractivity contribution in [3.8, 4) is 0 Å². The van der Waals surface area contributed by atoms with Crippen LogP contribution in [-0.4, -0.2) is 33.9 Å². The molecule has 8 atom stereocenters. The fourth-order valence-corrected chi connectivity index (χ4v) is 7.62. The van der Waals surface area contributed by atoms with Crippen LogP contribution >= 0.6 is 0 Å². The molecule has 1 aliphatic heterocycles. The summed E-state index contributed by atoms with van der Waals surface area (Å²) in [4.78, 5) is 11.9. The predicted molar refractivity (Wildman–Crippen MR) is 91.5 cm³/mol. The number of nitrogens with two attached hydrogens (primary N) is 1. The van der Waals surface area contributed by atoms with Crippen LogP contribution in [0.25, 0.3) is 0 Å². The first kappa shape index (κ1) is 16.1. The third-order valence-corrected chi connectivity index (χ3v) is 9.11. The Labute approximate surface area is 148 Å². The molecular formula is C20H29NO4. The number of primary amides is 1. The number of aliphatic hydroxyl groups excluding tert-OH is 2. The van der Waals surface area contributed by atoms with Crippen molar-refractivity contribution < 1.29 is 19.7 Å². The van der Waals surface area contributed by atoms with E-state index in [2.05, 4.69) is 13.8 Å². The lowest BCUT2D eigenvalue weighted by molar-refractivity contribution is -0.123. The zero-order valence-electron chi connectivity index (χ0n) is 15.1. The fourth-order valence-electron chi connectivity index (χ4n) is 7.62. The van der Waals surface area contributed by atoms with E-state index in [-0.39, 0.29) is 34.4 Å². The van der Waals surface area contributed by atoms with Crippen molar-refractivity contribution in [2.75, 3.05) is 0 Å². The number of amides is 1. The molecule has 1 amide bonds. The number of hydrogen-bond donors (Lipinski definition) is 3. The number of ether oxygens (including phenoxy) is 1. The van der Waals surface area contributed by atoms with Gasteiger partial charge in [-0.05, 0) is 68.1 Å². The van der Waals surface area contributed by atoms with Crippen molar-refractivity contribution >= 4 is 5.91 Å². The van der Waals surface area contributed by atoms with Crippen molar-refractivity contribution in [2.24, 2.45) is 34.3 Å². The maximum atomic E-state index is 11.9. The molecule has 1 heterocycles. The second kappa shape index (κ2) is 4.61. The number of carbonyl (C=O) groups excluding carboxylic acids is 1. The van der Waals surface area contributed by atoms with Gasteiger partial charge in [0.2, 0.25) is 5.91 Å². The van der Waals surface area contributed by atoms with Crippen LogP contribution in [0.3, 0.4) is 0 Å². The van der Waals surface area contributed by atoms with Crippen LogP contribution < -0.4 is 5.73 Å². The smallest absolute Gasteiger partial charge is 0.248 e. The molecule has 5 heteroatoms. The van der Waals surface area contributed by atoms with Crippen molar-refractivity contribution in [3.63, 3.8) is 0 Å². The number of hydrogen-bond acceptors (Lipinski definition) is 4. The normalized spacial score (nSPS) is 56.5. The van der Waals surface area contributed by atoms with Crippen molar-refractivity contribution in [2.45, 2.75) is 76.6 Å². The summed E-state index contributed by atoms with van der Waals surface area (Å²) in [6, 6.07) is 0. The van der Waals surface area contributed by atoms with Gasteiger partial charge in [0, 0.05) is 5.41 Å². The van der Waals surface area contributed by atoms with Gasteiger partial charge in [-0.3, -0.25) is 4.79 Å². The lowest BCUT2D eigenvalue weighted by Gasteiger charge is -2.59. The molecule has 4 N–H and O–H groups in total. The van der Waals surface area contributed by atoms with Gasteiger partial charge in [0.15, 0.2) is 0 Å². The minimum absolute atomic E-state index is 0.0466. The third-order valence-electron chi connectivity index (χ3n) is 9.11. The second-order valence-corrected chi connectivity index (χ2v) is 9.76. The molecule has 4 aliphatic carbocycles. The number of carbonyl (C=O) groups is 1. The van der Waals surface area contributed by atoms with E-state index < -0.39 is 5.91 Å². The van der Waals surface area contributed by atoms with Gasteiger partial charge in [0.25, 0.3) is 0 Å². The lowest BCUT2D eigenvalue weighted by Crippen LogP contribution is -2.58.